The van der Waals surface area contributed by atoms with Crippen LogP contribution in [-0.2, 0) is 4.74 Å². The summed E-state index contributed by atoms with van der Waals surface area (Å²) in [7, 11) is 0. The molecule has 150 valence electrons. The summed E-state index contributed by atoms with van der Waals surface area (Å²) in [6, 6.07) is 2.78. The molecule has 0 spiro atoms. The molecule has 1 aliphatic rings. The van der Waals surface area contributed by atoms with Crippen LogP contribution in [0.3, 0.4) is 0 Å². The van der Waals surface area contributed by atoms with Crippen molar-refractivity contribution in [3.05, 3.63) is 36.4 Å². The van der Waals surface area contributed by atoms with E-state index in [0.717, 1.165) is 12.8 Å². The van der Waals surface area contributed by atoms with Gasteiger partial charge in [-0.3, -0.25) is 9.78 Å². The minimum Gasteiger partial charge on any atom is -0.482 e. The van der Waals surface area contributed by atoms with Crippen LogP contribution in [0.15, 0.2) is 30.7 Å². The molecule has 1 fully saturated rings. The summed E-state index contributed by atoms with van der Waals surface area (Å²) in [6.45, 7) is -0.203. The average molecular weight is 397 g/mol. The number of aromatic nitrogens is 3. The number of nitrogens with one attached hydrogen (secondary N) is 2. The zero-order chi connectivity index (χ0) is 20.0. The molecule has 2 N–H and O–H groups in total. The van der Waals surface area contributed by atoms with E-state index in [2.05, 4.69) is 25.6 Å². The van der Waals surface area contributed by atoms with Gasteiger partial charge in [-0.2, -0.15) is 13.2 Å². The van der Waals surface area contributed by atoms with Crippen LogP contribution in [-0.4, -0.2) is 52.9 Å². The number of halogens is 3. The van der Waals surface area contributed by atoms with Gasteiger partial charge >= 0.3 is 6.18 Å². The molecule has 0 saturated carbocycles. The first-order valence-corrected chi connectivity index (χ1v) is 8.53. The second-order valence-electron chi connectivity index (χ2n) is 6.03. The monoisotopic (exact) mass is 397 g/mol. The Morgan fingerprint density at radius 1 is 1.25 bits per heavy atom. The summed E-state index contributed by atoms with van der Waals surface area (Å²) in [4.78, 5) is 24.5. The van der Waals surface area contributed by atoms with Crippen molar-refractivity contribution in [2.75, 3.05) is 30.5 Å². The molecule has 0 bridgehead atoms. The molecule has 1 saturated heterocycles. The summed E-state index contributed by atoms with van der Waals surface area (Å²) < 4.78 is 47.1. The Labute approximate surface area is 158 Å². The van der Waals surface area contributed by atoms with Crippen LogP contribution in [0.5, 0.6) is 5.75 Å². The number of carbonyl (C=O) groups is 1. The second-order valence-corrected chi connectivity index (χ2v) is 6.03. The Morgan fingerprint density at radius 2 is 2.04 bits per heavy atom. The van der Waals surface area contributed by atoms with Crippen molar-refractivity contribution in [2.45, 2.75) is 25.1 Å². The Balaban J connectivity index is 1.67. The summed E-state index contributed by atoms with van der Waals surface area (Å²) >= 11 is 0. The van der Waals surface area contributed by atoms with Crippen molar-refractivity contribution in [2.24, 2.45) is 0 Å². The fraction of sp³-hybridized carbons (Fsp3) is 0.412. The van der Waals surface area contributed by atoms with Crippen LogP contribution in [0.1, 0.15) is 23.3 Å². The zero-order valence-corrected chi connectivity index (χ0v) is 14.7. The van der Waals surface area contributed by atoms with E-state index in [1.54, 1.807) is 0 Å². The van der Waals surface area contributed by atoms with E-state index in [4.69, 9.17) is 9.47 Å². The molecule has 0 unspecified atom stereocenters. The van der Waals surface area contributed by atoms with Gasteiger partial charge in [0.25, 0.3) is 5.91 Å². The average Bonchev–Trinajstić information content (AvgIpc) is 2.68. The van der Waals surface area contributed by atoms with Crippen molar-refractivity contribution in [1.82, 2.24) is 15.0 Å². The lowest BCUT2D eigenvalue weighted by atomic mass is 10.1. The summed E-state index contributed by atoms with van der Waals surface area (Å²) in [6.07, 6.45) is 0.995. The third-order valence-corrected chi connectivity index (χ3v) is 3.86. The van der Waals surface area contributed by atoms with Crippen LogP contribution in [0.2, 0.25) is 0 Å². The molecule has 28 heavy (non-hydrogen) atoms. The number of hydrogen-bond acceptors (Lipinski definition) is 7. The lowest BCUT2D eigenvalue weighted by molar-refractivity contribution is -0.153. The van der Waals surface area contributed by atoms with E-state index < -0.39 is 18.7 Å². The maximum Gasteiger partial charge on any atom is 0.422 e. The molecule has 0 atom stereocenters. The molecular weight excluding hydrogens is 379 g/mol. The SMILES string of the molecule is O=C(Nc1cnccc1OCC(F)(F)F)c1ccnc(NC2CCOCC2)n1. The normalized spacial score (nSPS) is 15.1. The summed E-state index contributed by atoms with van der Waals surface area (Å²) in [5, 5.41) is 5.61. The van der Waals surface area contributed by atoms with Crippen LogP contribution in [0, 0.1) is 0 Å². The predicted octanol–water partition coefficient (Wildman–Crippen LogP) is 2.66. The fourth-order valence-corrected chi connectivity index (χ4v) is 2.53. The van der Waals surface area contributed by atoms with Crippen molar-refractivity contribution < 1.29 is 27.4 Å². The Bertz CT molecular complexity index is 813. The van der Waals surface area contributed by atoms with Gasteiger partial charge in [-0.15, -0.1) is 0 Å². The summed E-state index contributed by atoms with van der Waals surface area (Å²) in [5.41, 5.74) is 0.0597. The molecule has 0 aromatic carbocycles. The second kappa shape index (κ2) is 8.83. The lowest BCUT2D eigenvalue weighted by Gasteiger charge is -2.23. The van der Waals surface area contributed by atoms with Crippen molar-refractivity contribution >= 4 is 17.5 Å². The highest BCUT2D eigenvalue weighted by atomic mass is 19.4. The third kappa shape index (κ3) is 5.78. The van der Waals surface area contributed by atoms with Gasteiger partial charge in [0.1, 0.15) is 17.1 Å². The number of rotatable bonds is 6. The Hall–Kier alpha value is -2.95. The van der Waals surface area contributed by atoms with Crippen molar-refractivity contribution in [3.8, 4) is 5.75 Å². The van der Waals surface area contributed by atoms with E-state index in [9.17, 15) is 18.0 Å². The zero-order valence-electron chi connectivity index (χ0n) is 14.7. The fourth-order valence-electron chi connectivity index (χ4n) is 2.53. The molecule has 0 aliphatic carbocycles. The first kappa shape index (κ1) is 19.8. The molecule has 1 aliphatic heterocycles. The molecule has 0 radical (unpaired) electrons. The number of nitrogens with zero attached hydrogens (tertiary/aromatic N) is 3. The van der Waals surface area contributed by atoms with Gasteiger partial charge in [0, 0.05) is 37.7 Å². The minimum absolute atomic E-state index is 0.00861. The van der Waals surface area contributed by atoms with Gasteiger partial charge < -0.3 is 20.1 Å². The first-order valence-electron chi connectivity index (χ1n) is 8.53. The smallest absolute Gasteiger partial charge is 0.422 e. The molecule has 11 heteroatoms. The van der Waals surface area contributed by atoms with E-state index in [1.807, 2.05) is 0 Å². The standard InChI is InChI=1S/C17H18F3N5O3/c18-17(19,20)10-28-14-2-5-21-9-13(14)24-15(26)12-1-6-22-16(25-12)23-11-3-7-27-8-4-11/h1-2,5-6,9,11H,3-4,7-8,10H2,(H,24,26)(H,22,23,25). The number of amides is 1. The number of ether oxygens (including phenoxy) is 2. The van der Waals surface area contributed by atoms with E-state index in [1.165, 1.54) is 30.7 Å². The number of carbonyl (C=O) groups excluding carboxylic acids is 1. The van der Waals surface area contributed by atoms with E-state index >= 15 is 0 Å². The van der Waals surface area contributed by atoms with Crippen molar-refractivity contribution in [1.29, 1.82) is 0 Å². The van der Waals surface area contributed by atoms with Gasteiger partial charge in [-0.25, -0.2) is 9.97 Å². The molecule has 2 aromatic heterocycles. The van der Waals surface area contributed by atoms with Crippen LogP contribution in [0.4, 0.5) is 24.8 Å². The van der Waals surface area contributed by atoms with Gasteiger partial charge in [-0.1, -0.05) is 0 Å². The predicted molar refractivity (Wildman–Crippen MR) is 93.2 cm³/mol. The van der Waals surface area contributed by atoms with Crippen LogP contribution in [0.25, 0.3) is 0 Å². The highest BCUT2D eigenvalue weighted by Gasteiger charge is 2.29. The molecule has 1 amide bonds. The van der Waals surface area contributed by atoms with Gasteiger partial charge in [0.05, 0.1) is 6.20 Å². The summed E-state index contributed by atoms with van der Waals surface area (Å²) in [5.74, 6) is -0.475. The Kier molecular flexibility index (Phi) is 6.24. The number of hydrogen-bond donors (Lipinski definition) is 2. The molecular formula is C17H18F3N5O3. The third-order valence-electron chi connectivity index (χ3n) is 3.86. The maximum absolute atomic E-state index is 12.5. The van der Waals surface area contributed by atoms with Gasteiger partial charge in [-0.05, 0) is 18.9 Å². The number of anilines is 2. The van der Waals surface area contributed by atoms with E-state index in [0.29, 0.717) is 19.2 Å². The van der Waals surface area contributed by atoms with Crippen molar-refractivity contribution in [3.63, 3.8) is 0 Å². The number of pyridine rings is 1. The highest BCUT2D eigenvalue weighted by Crippen LogP contribution is 2.25. The van der Waals surface area contributed by atoms with Gasteiger partial charge in [0.15, 0.2) is 6.61 Å². The molecule has 2 aromatic rings. The highest BCUT2D eigenvalue weighted by molar-refractivity contribution is 6.03. The van der Waals surface area contributed by atoms with Crippen LogP contribution >= 0.6 is 0 Å². The topological polar surface area (TPSA) is 98.3 Å². The first-order chi connectivity index (χ1) is 13.4. The Morgan fingerprint density at radius 3 is 2.79 bits per heavy atom. The minimum atomic E-state index is -4.50. The molecule has 3 rings (SSSR count). The maximum atomic E-state index is 12.5. The largest absolute Gasteiger partial charge is 0.482 e. The van der Waals surface area contributed by atoms with E-state index in [-0.39, 0.29) is 23.2 Å². The molecule has 3 heterocycles. The number of alkyl halides is 3. The van der Waals surface area contributed by atoms with Gasteiger partial charge in [0.2, 0.25) is 5.95 Å². The molecule has 8 nitrogen and oxygen atoms in total. The quantitative estimate of drug-likeness (QED) is 0.773. The lowest BCUT2D eigenvalue weighted by Crippen LogP contribution is -2.29. The van der Waals surface area contributed by atoms with Crippen LogP contribution < -0.4 is 15.4 Å².